The van der Waals surface area contributed by atoms with Crippen molar-refractivity contribution in [3.8, 4) is 0 Å². The van der Waals surface area contributed by atoms with Gasteiger partial charge in [-0.15, -0.1) is 0 Å². The van der Waals surface area contributed by atoms with E-state index < -0.39 is 43.2 Å². The summed E-state index contributed by atoms with van der Waals surface area (Å²) in [6.07, 6.45) is 0.0726. The SMILES string of the molecule is CCN(C(=O)C(C)(C)C)c1c(F)cc(C2(S(=O)(=O)c3ccc(Cl)cc3)CCOCC2)cc1F. The maximum atomic E-state index is 15.4. The molecule has 1 amide bonds. The second-order valence-corrected chi connectivity index (χ2v) is 11.8. The van der Waals surface area contributed by atoms with Gasteiger partial charge in [0.2, 0.25) is 5.91 Å². The van der Waals surface area contributed by atoms with Crippen LogP contribution in [0.15, 0.2) is 41.3 Å². The molecule has 1 fully saturated rings. The van der Waals surface area contributed by atoms with Crippen molar-refractivity contribution in [2.45, 2.75) is 50.2 Å². The zero-order chi connectivity index (χ0) is 24.6. The first-order valence-corrected chi connectivity index (χ1v) is 12.6. The third kappa shape index (κ3) is 4.66. The van der Waals surface area contributed by atoms with Gasteiger partial charge in [-0.05, 0) is 61.7 Å². The minimum absolute atomic E-state index is 0.00115. The number of sulfone groups is 1. The Morgan fingerprint density at radius 1 is 1.09 bits per heavy atom. The van der Waals surface area contributed by atoms with E-state index in [2.05, 4.69) is 0 Å². The summed E-state index contributed by atoms with van der Waals surface area (Å²) in [6, 6.07) is 7.77. The largest absolute Gasteiger partial charge is 0.381 e. The summed E-state index contributed by atoms with van der Waals surface area (Å²) in [5.74, 6) is -2.41. The van der Waals surface area contributed by atoms with Crippen molar-refractivity contribution in [1.29, 1.82) is 0 Å². The molecule has 1 aliphatic rings. The van der Waals surface area contributed by atoms with Gasteiger partial charge >= 0.3 is 0 Å². The Morgan fingerprint density at radius 2 is 1.61 bits per heavy atom. The Bertz CT molecular complexity index is 1120. The Kier molecular flexibility index (Phi) is 7.22. The lowest BCUT2D eigenvalue weighted by Crippen LogP contribution is -2.42. The van der Waals surface area contributed by atoms with E-state index in [9.17, 15) is 13.2 Å². The minimum Gasteiger partial charge on any atom is -0.381 e. The van der Waals surface area contributed by atoms with E-state index in [1.165, 1.54) is 24.3 Å². The van der Waals surface area contributed by atoms with Crippen molar-refractivity contribution >= 4 is 33.0 Å². The summed E-state index contributed by atoms with van der Waals surface area (Å²) in [5, 5.41) is 0.375. The smallest absolute Gasteiger partial charge is 0.232 e. The number of nitrogens with zero attached hydrogens (tertiary/aromatic N) is 1. The van der Waals surface area contributed by atoms with Gasteiger partial charge in [0.15, 0.2) is 9.84 Å². The number of halogens is 3. The molecule has 0 saturated carbocycles. The second-order valence-electron chi connectivity index (χ2n) is 9.15. The molecule has 0 spiro atoms. The van der Waals surface area contributed by atoms with E-state index in [1.807, 2.05) is 0 Å². The van der Waals surface area contributed by atoms with Gasteiger partial charge in [-0.2, -0.15) is 0 Å². The third-order valence-corrected chi connectivity index (χ3v) is 8.77. The van der Waals surface area contributed by atoms with Crippen LogP contribution in [0, 0.1) is 17.0 Å². The van der Waals surface area contributed by atoms with Crippen molar-refractivity contribution in [3.05, 3.63) is 58.6 Å². The molecule has 0 atom stereocenters. The Balaban J connectivity index is 2.18. The number of rotatable bonds is 5. The quantitative estimate of drug-likeness (QED) is 0.545. The molecule has 0 aromatic heterocycles. The molecule has 180 valence electrons. The number of carbonyl (C=O) groups is 1. The monoisotopic (exact) mass is 499 g/mol. The second kappa shape index (κ2) is 9.31. The molecular formula is C24H28ClF2NO4S. The first-order valence-electron chi connectivity index (χ1n) is 10.7. The van der Waals surface area contributed by atoms with Crippen LogP contribution in [0.2, 0.25) is 5.02 Å². The molecule has 0 unspecified atom stereocenters. The van der Waals surface area contributed by atoms with Crippen LogP contribution in [0.5, 0.6) is 0 Å². The molecule has 9 heteroatoms. The third-order valence-electron chi connectivity index (χ3n) is 5.95. The first kappa shape index (κ1) is 25.6. The van der Waals surface area contributed by atoms with Crippen LogP contribution in [0.4, 0.5) is 14.5 Å². The van der Waals surface area contributed by atoms with Crippen molar-refractivity contribution in [1.82, 2.24) is 0 Å². The highest BCUT2D eigenvalue weighted by atomic mass is 35.5. The highest BCUT2D eigenvalue weighted by molar-refractivity contribution is 7.92. The van der Waals surface area contributed by atoms with Crippen LogP contribution in [-0.4, -0.2) is 34.1 Å². The molecule has 1 heterocycles. The summed E-state index contributed by atoms with van der Waals surface area (Å²) < 4.78 is 62.1. The standard InChI is InChI=1S/C24H28ClF2NO4S/c1-5-28(22(29)23(2,3)4)21-19(26)14-16(15-20(21)27)24(10-12-32-13-11-24)33(30,31)18-8-6-17(25)7-9-18/h6-9,14-15H,5,10-13H2,1-4H3. The summed E-state index contributed by atoms with van der Waals surface area (Å²) in [4.78, 5) is 13.9. The summed E-state index contributed by atoms with van der Waals surface area (Å²) in [7, 11) is -4.06. The molecule has 5 nitrogen and oxygen atoms in total. The topological polar surface area (TPSA) is 63.7 Å². The Labute approximate surface area is 198 Å². The molecule has 2 aromatic carbocycles. The van der Waals surface area contributed by atoms with E-state index in [0.29, 0.717) is 5.02 Å². The number of hydrogen-bond donors (Lipinski definition) is 0. The van der Waals surface area contributed by atoms with Gasteiger partial charge in [-0.1, -0.05) is 32.4 Å². The number of benzene rings is 2. The lowest BCUT2D eigenvalue weighted by atomic mass is 9.89. The lowest BCUT2D eigenvalue weighted by molar-refractivity contribution is -0.125. The predicted molar refractivity (Wildman–Crippen MR) is 124 cm³/mol. The van der Waals surface area contributed by atoms with Crippen LogP contribution in [-0.2, 0) is 24.1 Å². The highest BCUT2D eigenvalue weighted by Gasteiger charge is 2.48. The van der Waals surface area contributed by atoms with Gasteiger partial charge in [0.1, 0.15) is 22.1 Å². The van der Waals surface area contributed by atoms with Crippen molar-refractivity contribution in [3.63, 3.8) is 0 Å². The highest BCUT2D eigenvalue weighted by Crippen LogP contribution is 2.45. The molecule has 0 N–H and O–H groups in total. The van der Waals surface area contributed by atoms with E-state index in [0.717, 1.165) is 17.0 Å². The van der Waals surface area contributed by atoms with Gasteiger partial charge < -0.3 is 9.64 Å². The summed E-state index contributed by atoms with van der Waals surface area (Å²) >= 11 is 5.91. The number of carbonyl (C=O) groups excluding carboxylic acids is 1. The van der Waals surface area contributed by atoms with Gasteiger partial charge in [0.25, 0.3) is 0 Å². The van der Waals surface area contributed by atoms with Crippen molar-refractivity contribution in [2.24, 2.45) is 5.41 Å². The average molecular weight is 500 g/mol. The van der Waals surface area contributed by atoms with Crippen molar-refractivity contribution in [2.75, 3.05) is 24.7 Å². The zero-order valence-corrected chi connectivity index (χ0v) is 20.7. The van der Waals surface area contributed by atoms with Crippen LogP contribution in [0.1, 0.15) is 46.1 Å². The zero-order valence-electron chi connectivity index (χ0n) is 19.1. The normalized spacial score (nSPS) is 16.5. The van der Waals surface area contributed by atoms with E-state index in [1.54, 1.807) is 27.7 Å². The Morgan fingerprint density at radius 3 is 2.06 bits per heavy atom. The van der Waals surface area contributed by atoms with Crippen LogP contribution in [0.25, 0.3) is 0 Å². The fraction of sp³-hybridized carbons (Fsp3) is 0.458. The van der Waals surface area contributed by atoms with Gasteiger partial charge in [-0.25, -0.2) is 17.2 Å². The van der Waals surface area contributed by atoms with Gasteiger partial charge in [0, 0.05) is 30.2 Å². The van der Waals surface area contributed by atoms with Gasteiger partial charge in [-0.3, -0.25) is 4.79 Å². The van der Waals surface area contributed by atoms with Gasteiger partial charge in [0.05, 0.1) is 4.90 Å². The number of amides is 1. The minimum atomic E-state index is -4.06. The number of hydrogen-bond acceptors (Lipinski definition) is 4. The molecule has 1 aliphatic heterocycles. The van der Waals surface area contributed by atoms with E-state index in [4.69, 9.17) is 16.3 Å². The molecule has 1 saturated heterocycles. The summed E-state index contributed by atoms with van der Waals surface area (Å²) in [5.41, 5.74) is -1.33. The van der Waals surface area contributed by atoms with Crippen LogP contribution in [0.3, 0.4) is 0 Å². The van der Waals surface area contributed by atoms with E-state index in [-0.39, 0.29) is 43.1 Å². The molecule has 0 aliphatic carbocycles. The maximum absolute atomic E-state index is 15.4. The lowest BCUT2D eigenvalue weighted by Gasteiger charge is -2.37. The average Bonchev–Trinajstić information content (AvgIpc) is 2.75. The molecular weight excluding hydrogens is 472 g/mol. The first-order chi connectivity index (χ1) is 15.3. The fourth-order valence-corrected chi connectivity index (χ4v) is 6.35. The summed E-state index contributed by atoms with van der Waals surface area (Å²) in [6.45, 7) is 6.93. The van der Waals surface area contributed by atoms with Crippen LogP contribution >= 0.6 is 11.6 Å². The number of anilines is 1. The fourth-order valence-electron chi connectivity index (χ4n) is 4.15. The number of ether oxygens (including phenoxy) is 1. The predicted octanol–water partition coefficient (Wildman–Crippen LogP) is 5.50. The van der Waals surface area contributed by atoms with Crippen molar-refractivity contribution < 1.29 is 26.7 Å². The molecule has 0 radical (unpaired) electrons. The van der Waals surface area contributed by atoms with E-state index >= 15 is 8.78 Å². The molecule has 0 bridgehead atoms. The molecule has 3 rings (SSSR count). The maximum Gasteiger partial charge on any atom is 0.232 e. The molecule has 2 aromatic rings. The Hall–Kier alpha value is -2.03. The molecule has 33 heavy (non-hydrogen) atoms. The van der Waals surface area contributed by atoms with Crippen LogP contribution < -0.4 is 4.90 Å².